The topological polar surface area (TPSA) is 171 Å². The van der Waals surface area contributed by atoms with Crippen molar-refractivity contribution in [3.8, 4) is 33.8 Å². The van der Waals surface area contributed by atoms with Gasteiger partial charge in [-0.05, 0) is 59.4 Å². The molecule has 0 radical (unpaired) electrons. The molecular formula is C40H44N8O5. The minimum absolute atomic E-state index is 0.0966. The Balaban J connectivity index is 0.976. The van der Waals surface area contributed by atoms with Crippen LogP contribution in [0.25, 0.3) is 33.8 Å². The summed E-state index contributed by atoms with van der Waals surface area (Å²) in [5.74, 6) is 1.49. The maximum absolute atomic E-state index is 13.8. The first-order valence-corrected chi connectivity index (χ1v) is 18.2. The van der Waals surface area contributed by atoms with Crippen LogP contribution in [0.1, 0.15) is 81.2 Å². The molecule has 5 aromatic rings. The van der Waals surface area contributed by atoms with Gasteiger partial charge in [-0.3, -0.25) is 9.69 Å². The van der Waals surface area contributed by atoms with E-state index in [2.05, 4.69) is 66.6 Å². The zero-order valence-electron chi connectivity index (χ0n) is 30.3. The van der Waals surface area contributed by atoms with Crippen LogP contribution in [0.4, 0.5) is 9.59 Å². The number of ketones is 1. The average molecular weight is 717 g/mol. The molecule has 2 amide bonds. The van der Waals surface area contributed by atoms with Crippen molar-refractivity contribution in [3.63, 3.8) is 0 Å². The number of methoxy groups -OCH3 is 1. The van der Waals surface area contributed by atoms with Gasteiger partial charge < -0.3 is 29.7 Å². The molecule has 2 aromatic carbocycles. The maximum Gasteiger partial charge on any atom is 0.408 e. The van der Waals surface area contributed by atoms with E-state index in [1.165, 1.54) is 12.0 Å². The van der Waals surface area contributed by atoms with Gasteiger partial charge in [0.25, 0.3) is 0 Å². The summed E-state index contributed by atoms with van der Waals surface area (Å²) in [4.78, 5) is 51.2. The number of carbonyl (C=O) groups excluding carboxylic acids is 2. The standard InChI is InChI=1S/C40H44N8O5/c1-39(2,3)40(17-5-18-48(40)38(51)52)36-44-35(45-46-36)27-12-8-24(9-13-27)23-6-10-25(11-7-23)30-21-41-34(42-30)28-20-31(49)32-29(43-37(50)53-4)15-14-26-16-19-47(22-28)33(26)32/h6-13,16,19,21,28-29,32H,5,14-15,17-18,20,22H2,1-4H3,(H,41,42)(H,43,50)(H,51,52)(H,44,45,46)/t28-,29-,32?,40+/m0/s1. The SMILES string of the molecule is COC(=O)N[C@H]1CCc2ccn3c2C1C(=O)C[C@H](c1ncc(-c2ccc(-c4ccc(-c5nnc([C@@]6(C(C)(C)C)CCCN6C(=O)O)[nH]5)cc4)cc2)[nH]1)C3. The van der Waals surface area contributed by atoms with Crippen molar-refractivity contribution in [1.29, 1.82) is 0 Å². The van der Waals surface area contributed by atoms with Crippen molar-refractivity contribution in [2.24, 2.45) is 5.41 Å². The van der Waals surface area contributed by atoms with E-state index >= 15 is 0 Å². The molecule has 4 N–H and O–H groups in total. The number of Topliss-reactive ketones (excluding diaryl/α,β-unsaturated/α-hetero) is 1. The van der Waals surface area contributed by atoms with Crippen molar-refractivity contribution in [3.05, 3.63) is 89.9 Å². The summed E-state index contributed by atoms with van der Waals surface area (Å²) < 4.78 is 7.01. The van der Waals surface area contributed by atoms with Crippen molar-refractivity contribution in [1.82, 2.24) is 39.9 Å². The minimum atomic E-state index is -0.946. The molecule has 3 aromatic heterocycles. The molecule has 8 rings (SSSR count). The van der Waals surface area contributed by atoms with E-state index < -0.39 is 23.6 Å². The first-order valence-electron chi connectivity index (χ1n) is 18.2. The minimum Gasteiger partial charge on any atom is -0.465 e. The Hall–Kier alpha value is -5.72. The van der Waals surface area contributed by atoms with E-state index in [-0.39, 0.29) is 23.2 Å². The fourth-order valence-corrected chi connectivity index (χ4v) is 8.94. The number of carbonyl (C=O) groups is 3. The van der Waals surface area contributed by atoms with Crippen molar-refractivity contribution in [2.45, 2.75) is 82.8 Å². The van der Waals surface area contributed by atoms with Crippen LogP contribution >= 0.6 is 0 Å². The Morgan fingerprint density at radius 3 is 2.36 bits per heavy atom. The first-order chi connectivity index (χ1) is 25.5. The van der Waals surface area contributed by atoms with Gasteiger partial charge in [-0.15, -0.1) is 10.2 Å². The number of carboxylic acid groups (broad SMARTS) is 1. The Labute approximate surface area is 307 Å². The lowest BCUT2D eigenvalue weighted by Gasteiger charge is -2.45. The summed E-state index contributed by atoms with van der Waals surface area (Å²) in [7, 11) is 1.34. The van der Waals surface area contributed by atoms with Crippen LogP contribution in [0.3, 0.4) is 0 Å². The number of hydrogen-bond donors (Lipinski definition) is 4. The average Bonchev–Trinajstić information content (AvgIpc) is 3.97. The summed E-state index contributed by atoms with van der Waals surface area (Å²) in [6.07, 6.45) is 5.67. The van der Waals surface area contributed by atoms with Gasteiger partial charge in [0.05, 0.1) is 24.9 Å². The second-order valence-electron chi connectivity index (χ2n) is 15.5. The van der Waals surface area contributed by atoms with Crippen molar-refractivity contribution in [2.75, 3.05) is 13.7 Å². The maximum atomic E-state index is 13.8. The monoisotopic (exact) mass is 716 g/mol. The number of likely N-dealkylation sites (tertiary alicyclic amines) is 1. The quantitative estimate of drug-likeness (QED) is 0.148. The van der Waals surface area contributed by atoms with Gasteiger partial charge in [-0.25, -0.2) is 14.6 Å². The molecule has 1 aliphatic carbocycles. The lowest BCUT2D eigenvalue weighted by Crippen LogP contribution is -2.53. The fourth-order valence-electron chi connectivity index (χ4n) is 8.94. The van der Waals surface area contributed by atoms with Crippen LogP contribution in [-0.4, -0.2) is 77.4 Å². The van der Waals surface area contributed by atoms with E-state index in [9.17, 15) is 19.5 Å². The highest BCUT2D eigenvalue weighted by Crippen LogP contribution is 2.50. The Morgan fingerprint density at radius 2 is 1.68 bits per heavy atom. The molecule has 2 aliphatic heterocycles. The second-order valence-corrected chi connectivity index (χ2v) is 15.5. The van der Waals surface area contributed by atoms with Crippen LogP contribution < -0.4 is 5.32 Å². The van der Waals surface area contributed by atoms with Gasteiger partial charge in [0, 0.05) is 48.9 Å². The number of nitrogens with zero attached hydrogens (tertiary/aromatic N) is 5. The van der Waals surface area contributed by atoms with Crippen molar-refractivity contribution < 1.29 is 24.2 Å². The molecule has 0 saturated carbocycles. The zero-order chi connectivity index (χ0) is 37.1. The summed E-state index contributed by atoms with van der Waals surface area (Å²) in [6, 6.07) is 18.1. The number of imidazole rings is 1. The molecule has 1 unspecified atom stereocenters. The number of rotatable bonds is 6. The van der Waals surface area contributed by atoms with E-state index in [0.29, 0.717) is 44.0 Å². The predicted molar refractivity (Wildman–Crippen MR) is 197 cm³/mol. The number of hydrogen-bond acceptors (Lipinski definition) is 7. The second kappa shape index (κ2) is 13.0. The molecule has 13 heteroatoms. The fraction of sp³-hybridized carbons (Fsp3) is 0.400. The molecule has 1 saturated heterocycles. The van der Waals surface area contributed by atoms with Gasteiger partial charge in [0.15, 0.2) is 11.6 Å². The van der Waals surface area contributed by atoms with E-state index in [4.69, 9.17) is 9.72 Å². The van der Waals surface area contributed by atoms with Gasteiger partial charge in [0.2, 0.25) is 0 Å². The molecule has 274 valence electrons. The summed E-state index contributed by atoms with van der Waals surface area (Å²) in [5, 5.41) is 21.8. The highest BCUT2D eigenvalue weighted by Gasteiger charge is 2.55. The number of H-pyrrole nitrogens is 2. The third-order valence-corrected chi connectivity index (χ3v) is 11.6. The van der Waals surface area contributed by atoms with Crippen LogP contribution in [0, 0.1) is 5.41 Å². The molecule has 5 heterocycles. The third kappa shape index (κ3) is 5.87. The highest BCUT2D eigenvalue weighted by atomic mass is 16.5. The van der Waals surface area contributed by atoms with Crippen molar-refractivity contribution >= 4 is 18.0 Å². The van der Waals surface area contributed by atoms with E-state index in [1.807, 2.05) is 51.2 Å². The molecule has 1 fully saturated rings. The molecule has 4 atom stereocenters. The number of amides is 2. The Bertz CT molecular complexity index is 2180. The number of aryl methyl sites for hydroxylation is 1. The lowest BCUT2D eigenvalue weighted by molar-refractivity contribution is -0.121. The molecule has 0 spiro atoms. The lowest BCUT2D eigenvalue weighted by atomic mass is 9.71. The molecule has 53 heavy (non-hydrogen) atoms. The van der Waals surface area contributed by atoms with Gasteiger partial charge in [-0.2, -0.15) is 0 Å². The summed E-state index contributed by atoms with van der Waals surface area (Å²) in [6.45, 7) is 7.24. The third-order valence-electron chi connectivity index (χ3n) is 11.6. The van der Waals surface area contributed by atoms with Crippen LogP contribution in [-0.2, 0) is 28.0 Å². The number of ether oxygens (including phenoxy) is 1. The Kier molecular flexibility index (Phi) is 8.46. The van der Waals surface area contributed by atoms with Gasteiger partial charge in [0.1, 0.15) is 17.1 Å². The van der Waals surface area contributed by atoms with E-state index in [0.717, 1.165) is 57.9 Å². The van der Waals surface area contributed by atoms with Gasteiger partial charge >= 0.3 is 12.2 Å². The summed E-state index contributed by atoms with van der Waals surface area (Å²) >= 11 is 0. The van der Waals surface area contributed by atoms with Gasteiger partial charge in [-0.1, -0.05) is 69.3 Å². The molecule has 13 nitrogen and oxygen atoms in total. The normalized spacial score (nSPS) is 22.7. The molecular weight excluding hydrogens is 672 g/mol. The number of benzene rings is 2. The first kappa shape index (κ1) is 34.4. The smallest absolute Gasteiger partial charge is 0.408 e. The predicted octanol–water partition coefficient (Wildman–Crippen LogP) is 6.86. The number of alkyl carbamates (subject to hydrolysis) is 1. The van der Waals surface area contributed by atoms with Crippen LogP contribution in [0.5, 0.6) is 0 Å². The zero-order valence-corrected chi connectivity index (χ0v) is 30.3. The largest absolute Gasteiger partial charge is 0.465 e. The summed E-state index contributed by atoms with van der Waals surface area (Å²) in [5.41, 5.74) is 5.79. The van der Waals surface area contributed by atoms with Crippen LogP contribution in [0.2, 0.25) is 0 Å². The number of aromatic amines is 2. The number of nitrogens with one attached hydrogen (secondary N) is 3. The molecule has 3 aliphatic rings. The Morgan fingerprint density at radius 1 is 0.981 bits per heavy atom. The highest BCUT2D eigenvalue weighted by molar-refractivity contribution is 5.88. The van der Waals surface area contributed by atoms with Crippen LogP contribution in [0.15, 0.2) is 67.0 Å². The molecule has 0 bridgehead atoms. The van der Waals surface area contributed by atoms with E-state index in [1.54, 1.807) is 0 Å². The number of aromatic nitrogens is 6.